The number of hydrogen-bond acceptors (Lipinski definition) is 6. The Labute approximate surface area is 161 Å². The van der Waals surface area contributed by atoms with E-state index in [-0.39, 0.29) is 5.90 Å². The zero-order chi connectivity index (χ0) is 22.0. The molecule has 26 heavy (non-hydrogen) atoms. The minimum atomic E-state index is -4.41. The van der Waals surface area contributed by atoms with Crippen LogP contribution < -0.4 is 5.11 Å². The summed E-state index contributed by atoms with van der Waals surface area (Å²) in [5.41, 5.74) is 0. The minimum absolute atomic E-state index is 0.269. The molecule has 0 atom stereocenters. The summed E-state index contributed by atoms with van der Waals surface area (Å²) in [7, 11) is 11.1. The molecule has 0 fully saturated rings. The van der Waals surface area contributed by atoms with E-state index in [4.69, 9.17) is 0 Å². The van der Waals surface area contributed by atoms with Gasteiger partial charge >= 0.3 is 0 Å². The third-order valence-electron chi connectivity index (χ3n) is 2.39. The van der Waals surface area contributed by atoms with Gasteiger partial charge in [0.15, 0.2) is 0 Å². The lowest BCUT2D eigenvalue weighted by Gasteiger charge is -2.22. The van der Waals surface area contributed by atoms with E-state index in [1.165, 1.54) is 39.1 Å². The standard InChI is InChI=1S/2C6H16N.C4H7NO.CH4O4S/c2*1-5-6-7(2,3)4;1-3-4(6)5-2;1-5-6(2,3)4/h2*5-6H2,1-4H3;3H,1H2,2H3,(H,5,6);1H3,(H,2,3,4)/q2*+1;;/p-2. The molecule has 0 aromatic rings. The minimum Gasteiger partial charge on any atom is -0.859 e. The Kier molecular flexibility index (Phi) is 21.9. The van der Waals surface area contributed by atoms with Gasteiger partial charge in [-0.1, -0.05) is 26.5 Å². The van der Waals surface area contributed by atoms with E-state index >= 15 is 0 Å². The third kappa shape index (κ3) is 56.8. The maximum Gasteiger partial charge on any atom is 0.217 e. The molecule has 0 heterocycles. The van der Waals surface area contributed by atoms with Crippen molar-refractivity contribution in [2.75, 3.05) is 69.5 Å². The summed E-state index contributed by atoms with van der Waals surface area (Å²) in [6, 6.07) is 0. The summed E-state index contributed by atoms with van der Waals surface area (Å²) < 4.78 is 33.2. The molecule has 0 bridgehead atoms. The van der Waals surface area contributed by atoms with Gasteiger partial charge in [-0.15, -0.1) is 0 Å². The lowest BCUT2D eigenvalue weighted by Crippen LogP contribution is -2.34. The highest BCUT2D eigenvalue weighted by Crippen LogP contribution is 1.90. The fourth-order valence-corrected chi connectivity index (χ4v) is 1.43. The van der Waals surface area contributed by atoms with Gasteiger partial charge in [0.1, 0.15) is 0 Å². The third-order valence-corrected chi connectivity index (χ3v) is 2.80. The maximum absolute atomic E-state index is 9.90. The Bertz CT molecular complexity index is 434. The summed E-state index contributed by atoms with van der Waals surface area (Å²) in [4.78, 5) is 3.25. The van der Waals surface area contributed by atoms with Crippen LogP contribution in [0, 0.1) is 0 Å². The Morgan fingerprint density at radius 3 is 1.31 bits per heavy atom. The van der Waals surface area contributed by atoms with E-state index in [2.05, 4.69) is 71.9 Å². The molecule has 0 radical (unpaired) electrons. The van der Waals surface area contributed by atoms with Gasteiger partial charge in [0.05, 0.1) is 62.5 Å². The SMILES string of the molecule is C=CC([O-])=NC.CCC[N+](C)(C)C.CCC[N+](C)(C)C.COS(=O)(=O)[O-]. The molecule has 0 unspecified atom stereocenters. The second-order valence-corrected chi connectivity index (χ2v) is 8.52. The predicted molar refractivity (Wildman–Crippen MR) is 107 cm³/mol. The molecule has 0 aliphatic rings. The van der Waals surface area contributed by atoms with Crippen LogP contribution in [0.5, 0.6) is 0 Å². The molecule has 0 spiro atoms. The molecule has 0 saturated carbocycles. The van der Waals surface area contributed by atoms with E-state index in [9.17, 15) is 18.1 Å². The van der Waals surface area contributed by atoms with Crippen LogP contribution in [-0.2, 0) is 14.6 Å². The van der Waals surface area contributed by atoms with Crippen molar-refractivity contribution in [2.24, 2.45) is 4.99 Å². The monoisotopic (exact) mass is 399 g/mol. The summed E-state index contributed by atoms with van der Waals surface area (Å²) in [5.74, 6) is -0.269. The molecule has 0 amide bonds. The van der Waals surface area contributed by atoms with Crippen LogP contribution in [-0.4, -0.2) is 97.4 Å². The van der Waals surface area contributed by atoms with Crippen molar-refractivity contribution < 1.29 is 31.2 Å². The van der Waals surface area contributed by atoms with Crippen LogP contribution in [0.25, 0.3) is 0 Å². The predicted octanol–water partition coefficient (Wildman–Crippen LogP) is 0.859. The van der Waals surface area contributed by atoms with Crippen molar-refractivity contribution in [3.05, 3.63) is 12.7 Å². The molecule has 9 heteroatoms. The van der Waals surface area contributed by atoms with Crippen molar-refractivity contribution in [1.82, 2.24) is 0 Å². The van der Waals surface area contributed by atoms with Crippen LogP contribution in [0.15, 0.2) is 17.6 Å². The van der Waals surface area contributed by atoms with E-state index < -0.39 is 10.4 Å². The first kappa shape index (κ1) is 32.7. The Morgan fingerprint density at radius 1 is 1.04 bits per heavy atom. The molecule has 0 aliphatic heterocycles. The number of aliphatic imine (C=N–C) groups is 1. The van der Waals surface area contributed by atoms with Gasteiger partial charge in [-0.2, -0.15) is 0 Å². The second-order valence-electron chi connectivity index (χ2n) is 7.37. The van der Waals surface area contributed by atoms with Crippen molar-refractivity contribution in [3.63, 3.8) is 0 Å². The number of rotatable bonds is 6. The first-order chi connectivity index (χ1) is 11.5. The van der Waals surface area contributed by atoms with Gasteiger partial charge in [-0.05, 0) is 18.7 Å². The lowest BCUT2D eigenvalue weighted by molar-refractivity contribution is -0.870. The molecule has 0 aromatic heterocycles. The molecular weight excluding hydrogens is 358 g/mol. The van der Waals surface area contributed by atoms with E-state index in [0.717, 1.165) is 16.1 Å². The summed E-state index contributed by atoms with van der Waals surface area (Å²) in [6.45, 7) is 10.2. The van der Waals surface area contributed by atoms with E-state index in [1.54, 1.807) is 0 Å². The molecule has 0 aromatic carbocycles. The molecule has 8 nitrogen and oxygen atoms in total. The van der Waals surface area contributed by atoms with Gasteiger partial charge < -0.3 is 23.6 Å². The average Bonchev–Trinajstić information content (AvgIpc) is 2.45. The molecule has 160 valence electrons. The average molecular weight is 400 g/mol. The smallest absolute Gasteiger partial charge is 0.217 e. The van der Waals surface area contributed by atoms with Gasteiger partial charge in [-0.25, -0.2) is 8.42 Å². The Morgan fingerprint density at radius 2 is 1.31 bits per heavy atom. The highest BCUT2D eigenvalue weighted by Gasteiger charge is 2.01. The van der Waals surface area contributed by atoms with Gasteiger partial charge in [0.2, 0.25) is 10.4 Å². The van der Waals surface area contributed by atoms with E-state index in [1.807, 2.05) is 0 Å². The van der Waals surface area contributed by atoms with Crippen LogP contribution in [0.1, 0.15) is 26.7 Å². The largest absolute Gasteiger partial charge is 0.859 e. The molecule has 0 N–H and O–H groups in total. The molecule has 0 aliphatic carbocycles. The highest BCUT2D eigenvalue weighted by atomic mass is 32.3. The fourth-order valence-electron chi connectivity index (χ4n) is 1.43. The van der Waals surface area contributed by atoms with Gasteiger partial charge in [0, 0.05) is 7.05 Å². The first-order valence-corrected chi connectivity index (χ1v) is 9.71. The second kappa shape index (κ2) is 17.4. The van der Waals surface area contributed by atoms with Crippen molar-refractivity contribution >= 4 is 16.3 Å². The molecular formula is C17H41N3O5S. The first-order valence-electron chi connectivity index (χ1n) is 8.38. The van der Waals surface area contributed by atoms with E-state index in [0.29, 0.717) is 0 Å². The van der Waals surface area contributed by atoms with Crippen LogP contribution in [0.3, 0.4) is 0 Å². The topological polar surface area (TPSA) is 102 Å². The normalized spacial score (nSPS) is 11.7. The summed E-state index contributed by atoms with van der Waals surface area (Å²) in [5, 5.41) is 9.90. The van der Waals surface area contributed by atoms with Crippen LogP contribution in [0.4, 0.5) is 0 Å². The fraction of sp³-hybridized carbons (Fsp3) is 0.824. The number of hydrogen-bond donors (Lipinski definition) is 0. The zero-order valence-corrected chi connectivity index (χ0v) is 19.2. The summed E-state index contributed by atoms with van der Waals surface area (Å²) in [6.07, 6.45) is 3.73. The molecule has 0 rings (SSSR count). The quantitative estimate of drug-likeness (QED) is 0.217. The van der Waals surface area contributed by atoms with Crippen LogP contribution in [0.2, 0.25) is 0 Å². The number of quaternary nitrogens is 2. The van der Waals surface area contributed by atoms with Crippen LogP contribution >= 0.6 is 0 Å². The Balaban J connectivity index is -0.000000124. The van der Waals surface area contributed by atoms with Gasteiger partial charge in [0.25, 0.3) is 0 Å². The lowest BCUT2D eigenvalue weighted by atomic mass is 10.4. The van der Waals surface area contributed by atoms with Crippen molar-refractivity contribution in [2.45, 2.75) is 26.7 Å². The van der Waals surface area contributed by atoms with Crippen molar-refractivity contribution in [1.29, 1.82) is 0 Å². The number of nitrogens with zero attached hydrogens (tertiary/aromatic N) is 3. The van der Waals surface area contributed by atoms with Gasteiger partial charge in [-0.3, -0.25) is 4.18 Å². The van der Waals surface area contributed by atoms with Crippen molar-refractivity contribution in [3.8, 4) is 0 Å². The Hall–Kier alpha value is -1.00. The molecule has 0 saturated heterocycles. The highest BCUT2D eigenvalue weighted by molar-refractivity contribution is 7.80. The zero-order valence-electron chi connectivity index (χ0n) is 18.4. The maximum atomic E-state index is 9.90. The summed E-state index contributed by atoms with van der Waals surface area (Å²) >= 11 is 0.